The molecule has 10 nitrogen and oxygen atoms in total. The van der Waals surface area contributed by atoms with Gasteiger partial charge in [0.2, 0.25) is 5.56 Å². The van der Waals surface area contributed by atoms with E-state index >= 15 is 0 Å². The molecule has 12 heteroatoms. The summed E-state index contributed by atoms with van der Waals surface area (Å²) < 4.78 is 2.29. The van der Waals surface area contributed by atoms with Crippen LogP contribution in [0.4, 0.5) is 19.9 Å². The molecule has 3 fully saturated rings. The number of aromatic nitrogens is 2. The summed E-state index contributed by atoms with van der Waals surface area (Å²) in [6, 6.07) is 31.3. The van der Waals surface area contributed by atoms with Crippen molar-refractivity contribution >= 4 is 33.6 Å². The van der Waals surface area contributed by atoms with Crippen molar-refractivity contribution in [2.45, 2.75) is 57.3 Å². The number of fused-ring (bicyclic) bond motifs is 5. The monoisotopic (exact) mass is 765 g/mol. The molecule has 0 spiro atoms. The summed E-state index contributed by atoms with van der Waals surface area (Å²) >= 11 is 0. The summed E-state index contributed by atoms with van der Waals surface area (Å²) in [5.41, 5.74) is 6.88. The number of aliphatic hydroxyl groups is 1. The molecule has 0 unspecified atom stereocenters. The van der Waals surface area contributed by atoms with Crippen LogP contribution < -0.4 is 15.8 Å². The molecule has 3 saturated heterocycles. The first-order chi connectivity index (χ1) is 26.3. The first-order valence-corrected chi connectivity index (χ1v) is 19.1. The lowest BCUT2D eigenvalue weighted by molar-refractivity contribution is 0.0837. The number of halogens is 2. The molecule has 0 saturated carbocycles. The van der Waals surface area contributed by atoms with Crippen molar-refractivity contribution in [2.24, 2.45) is 5.92 Å². The van der Waals surface area contributed by atoms with Gasteiger partial charge in [0.1, 0.15) is 5.75 Å². The second-order valence-corrected chi connectivity index (χ2v) is 14.9. The van der Waals surface area contributed by atoms with Crippen LogP contribution in [0.5, 0.6) is 5.75 Å². The van der Waals surface area contributed by atoms with Gasteiger partial charge in [-0.05, 0) is 115 Å². The Morgan fingerprint density at radius 3 is 2.45 bits per heavy atom. The minimum Gasteiger partial charge on any atom is -0.506 e. The number of aryl methyl sites for hydroxylation is 2. The lowest BCUT2D eigenvalue weighted by Crippen LogP contribution is -2.59. The van der Waals surface area contributed by atoms with Gasteiger partial charge in [-0.2, -0.15) is 0 Å². The second kappa shape index (κ2) is 17.5. The molecule has 1 amide bonds. The number of anilines is 1. The Balaban J connectivity index is 0.00000266. The molecule has 6 aromatic rings. The first-order valence-electron chi connectivity index (χ1n) is 19.1. The van der Waals surface area contributed by atoms with Crippen LogP contribution in [0.1, 0.15) is 48.5 Å². The number of benzene rings is 4. The van der Waals surface area contributed by atoms with E-state index in [9.17, 15) is 24.9 Å². The van der Waals surface area contributed by atoms with E-state index in [-0.39, 0.29) is 26.8 Å². The molecule has 2 aromatic heterocycles. The summed E-state index contributed by atoms with van der Waals surface area (Å²) in [6.07, 6.45) is 5.38. The number of carbonyl (C=O) groups is 1. The van der Waals surface area contributed by atoms with Crippen LogP contribution in [-0.2, 0) is 19.5 Å². The zero-order valence-corrected chi connectivity index (χ0v) is 31.1. The molecule has 9 rings (SSSR count). The molecule has 2 bridgehead atoms. The highest BCUT2D eigenvalue weighted by molar-refractivity contribution is 5.94. The summed E-state index contributed by atoms with van der Waals surface area (Å²) in [6.45, 7) is 4.69. The van der Waals surface area contributed by atoms with E-state index in [4.69, 9.17) is 0 Å². The predicted octanol–water partition coefficient (Wildman–Crippen LogP) is 7.59. The number of phenols is 1. The van der Waals surface area contributed by atoms with E-state index in [1.807, 2.05) is 18.2 Å². The number of nitrogens with one attached hydrogen (secondary N) is 2. The molecule has 0 radical (unpaired) electrons. The Kier molecular flexibility index (Phi) is 12.5. The average molecular weight is 766 g/mol. The number of aliphatic hydroxyl groups excluding tert-OH is 1. The smallest absolute Gasteiger partial charge is 0.412 e. The summed E-state index contributed by atoms with van der Waals surface area (Å²) in [5, 5.41) is 36.8. The fourth-order valence-electron chi connectivity index (χ4n) is 8.62. The van der Waals surface area contributed by atoms with Gasteiger partial charge in [-0.15, -0.1) is 0 Å². The lowest BCUT2D eigenvalue weighted by atomic mass is 9.82. The normalized spacial score (nSPS) is 18.0. The fraction of sp³-hybridized carbons (Fsp3) is 0.318. The van der Waals surface area contributed by atoms with Crippen molar-refractivity contribution in [2.75, 3.05) is 31.1 Å². The highest BCUT2D eigenvalue weighted by Gasteiger charge is 2.40. The zero-order valence-electron chi connectivity index (χ0n) is 31.1. The van der Waals surface area contributed by atoms with Gasteiger partial charge in [0.25, 0.3) is 0 Å². The number of carboxylic acid groups (broad SMARTS) is 1. The Labute approximate surface area is 323 Å². The number of nitrogens with zero attached hydrogens (tertiary/aromatic N) is 3. The number of hydrogen-bond acceptors (Lipinski definition) is 6. The van der Waals surface area contributed by atoms with Gasteiger partial charge in [0.15, 0.2) is 0 Å². The molecule has 5 N–H and O–H groups in total. The molecule has 5 heterocycles. The summed E-state index contributed by atoms with van der Waals surface area (Å²) in [4.78, 5) is 31.4. The maximum Gasteiger partial charge on any atom is 0.412 e. The SMILES string of the molecule is F.F.O=C(O)N(c1cc(CCCCn2ccc3cc(CNC[C@@H](O)c4ccc(O)c5[nH]c(=O)ccc45)ccc32)ccc1-c1ccccc1)[C@H]1CN2CCC1CC2. The highest BCUT2D eigenvalue weighted by Crippen LogP contribution is 2.39. The number of H-pyrrole nitrogens is 1. The van der Waals surface area contributed by atoms with Crippen molar-refractivity contribution in [3.8, 4) is 16.9 Å². The molecule has 56 heavy (non-hydrogen) atoms. The molecule has 294 valence electrons. The van der Waals surface area contributed by atoms with Crippen LogP contribution >= 0.6 is 0 Å². The Morgan fingerprint density at radius 1 is 0.911 bits per heavy atom. The van der Waals surface area contributed by atoms with Crippen LogP contribution in [-0.4, -0.2) is 68.1 Å². The molecule has 2 atom stereocenters. The van der Waals surface area contributed by atoms with Crippen molar-refractivity contribution in [3.05, 3.63) is 130 Å². The van der Waals surface area contributed by atoms with Crippen molar-refractivity contribution in [1.29, 1.82) is 0 Å². The van der Waals surface area contributed by atoms with Crippen LogP contribution in [0, 0.1) is 5.92 Å². The number of unbranched alkanes of at least 4 members (excludes halogenated alkanes) is 1. The van der Waals surface area contributed by atoms with Gasteiger partial charge in [-0.25, -0.2) is 4.79 Å². The fourth-order valence-corrected chi connectivity index (χ4v) is 8.62. The number of amides is 1. The van der Waals surface area contributed by atoms with Crippen LogP contribution in [0.3, 0.4) is 0 Å². The maximum atomic E-state index is 13.0. The quantitative estimate of drug-likeness (QED) is 0.0766. The molecule has 3 aliphatic heterocycles. The minimum atomic E-state index is -0.874. The van der Waals surface area contributed by atoms with Gasteiger partial charge in [0.05, 0.1) is 23.3 Å². The minimum absolute atomic E-state index is 0. The van der Waals surface area contributed by atoms with E-state index < -0.39 is 12.2 Å². The standard InChI is InChI=1S/C44H47N5O5.2FH/c50-40-15-12-35(36-13-16-42(52)46-43(36)40)41(51)27-45-26-30-10-14-37-33(24-30)19-23-48(37)20-5-4-6-29-9-11-34(31-7-2-1-3-8-31)38(25-29)49(44(53)54)39-28-47-21-17-32(39)18-22-47;;/h1-3,7-16,19,23-25,32,39,41,45,50-51H,4-6,17-18,20-22,26-28H2,(H,46,52)(H,53,54);2*1H/t39-,41+;;/m0../s1. The molecular formula is C44H49F2N5O5. The maximum absolute atomic E-state index is 13.0. The molecule has 0 aliphatic carbocycles. The number of piperidine rings is 3. The number of aromatic amines is 1. The number of aromatic hydroxyl groups is 1. The van der Waals surface area contributed by atoms with Gasteiger partial charge in [-0.1, -0.05) is 54.6 Å². The van der Waals surface area contributed by atoms with Crippen LogP contribution in [0.15, 0.2) is 108 Å². The number of pyridine rings is 1. The molecule has 3 aliphatic rings. The number of rotatable bonds is 13. The molecular weight excluding hydrogens is 717 g/mol. The largest absolute Gasteiger partial charge is 0.506 e. The number of hydrogen-bond donors (Lipinski definition) is 5. The van der Waals surface area contributed by atoms with Crippen molar-refractivity contribution < 1.29 is 29.5 Å². The van der Waals surface area contributed by atoms with Crippen molar-refractivity contribution in [1.82, 2.24) is 19.8 Å². The molecule has 4 aromatic carbocycles. The van der Waals surface area contributed by atoms with E-state index in [0.717, 1.165) is 91.6 Å². The van der Waals surface area contributed by atoms with Crippen LogP contribution in [0.2, 0.25) is 0 Å². The van der Waals surface area contributed by atoms with Gasteiger partial charge in [-0.3, -0.25) is 19.1 Å². The van der Waals surface area contributed by atoms with Gasteiger partial charge < -0.3 is 35.1 Å². The summed E-state index contributed by atoms with van der Waals surface area (Å²) in [7, 11) is 0. The summed E-state index contributed by atoms with van der Waals surface area (Å²) in [5.74, 6) is 0.362. The Morgan fingerprint density at radius 2 is 1.70 bits per heavy atom. The third kappa shape index (κ3) is 8.32. The highest BCUT2D eigenvalue weighted by atomic mass is 19.0. The van der Waals surface area contributed by atoms with Crippen LogP contribution in [0.25, 0.3) is 32.9 Å². The lowest BCUT2D eigenvalue weighted by Gasteiger charge is -2.48. The number of phenolic OH excluding ortho intramolecular Hbond substituents is 1. The zero-order chi connectivity index (χ0) is 37.2. The van der Waals surface area contributed by atoms with E-state index in [1.54, 1.807) is 17.0 Å². The van der Waals surface area contributed by atoms with Gasteiger partial charge >= 0.3 is 6.09 Å². The average Bonchev–Trinajstić information content (AvgIpc) is 3.59. The third-order valence-corrected chi connectivity index (χ3v) is 11.4. The third-order valence-electron chi connectivity index (χ3n) is 11.4. The second-order valence-electron chi connectivity index (χ2n) is 14.9. The first kappa shape index (κ1) is 40.1. The van der Waals surface area contributed by atoms with E-state index in [2.05, 4.69) is 80.6 Å². The predicted molar refractivity (Wildman–Crippen MR) is 218 cm³/mol. The van der Waals surface area contributed by atoms with Crippen molar-refractivity contribution in [3.63, 3.8) is 0 Å². The van der Waals surface area contributed by atoms with E-state index in [0.29, 0.717) is 35.5 Å². The Bertz CT molecular complexity index is 2340. The van der Waals surface area contributed by atoms with E-state index in [1.165, 1.54) is 17.6 Å². The Hall–Kier alpha value is -5.56. The topological polar surface area (TPSA) is 134 Å². The van der Waals surface area contributed by atoms with Gasteiger partial charge in [0, 0.05) is 54.9 Å².